The second-order valence-corrected chi connectivity index (χ2v) is 8.52. The molecule has 0 radical (unpaired) electrons. The summed E-state index contributed by atoms with van der Waals surface area (Å²) in [6.07, 6.45) is 9.60. The highest BCUT2D eigenvalue weighted by Gasteiger charge is 2.20. The second kappa shape index (κ2) is 11.5. The third-order valence-electron chi connectivity index (χ3n) is 5.95. The number of carbonyl (C=O) groups excluding carboxylic acids is 1. The number of aromatic nitrogens is 1. The summed E-state index contributed by atoms with van der Waals surface area (Å²) >= 11 is 0. The largest absolute Gasteiger partial charge is 0.493 e. The molecule has 1 heterocycles. The zero-order valence-corrected chi connectivity index (χ0v) is 19.9. The first-order chi connectivity index (χ1) is 16.7. The molecule has 0 atom stereocenters. The van der Waals surface area contributed by atoms with E-state index in [0.29, 0.717) is 18.7 Å². The van der Waals surface area contributed by atoms with Crippen molar-refractivity contribution in [2.24, 2.45) is 0 Å². The number of carbonyl (C=O) groups is 1. The van der Waals surface area contributed by atoms with Crippen LogP contribution in [-0.2, 0) is 11.3 Å². The molecule has 0 unspecified atom stereocenters. The number of methoxy groups -OCH3 is 1. The smallest absolute Gasteiger partial charge is 0.311 e. The summed E-state index contributed by atoms with van der Waals surface area (Å²) in [4.78, 5) is 18.3. The van der Waals surface area contributed by atoms with Gasteiger partial charge in [-0.15, -0.1) is 0 Å². The van der Waals surface area contributed by atoms with E-state index >= 15 is 0 Å². The van der Waals surface area contributed by atoms with Crippen LogP contribution in [0.1, 0.15) is 51.0 Å². The van der Waals surface area contributed by atoms with Crippen molar-refractivity contribution in [2.75, 3.05) is 12.0 Å². The highest BCUT2D eigenvalue weighted by Crippen LogP contribution is 2.38. The van der Waals surface area contributed by atoms with Crippen LogP contribution in [0.2, 0.25) is 0 Å². The third kappa shape index (κ3) is 6.07. The zero-order valence-electron chi connectivity index (χ0n) is 19.9. The summed E-state index contributed by atoms with van der Waals surface area (Å²) in [6.45, 7) is 2.58. The van der Waals surface area contributed by atoms with Crippen molar-refractivity contribution in [1.29, 1.82) is 0 Å². The Labute approximate surface area is 201 Å². The maximum atomic E-state index is 11.9. The van der Waals surface area contributed by atoms with Gasteiger partial charge < -0.3 is 19.1 Å². The van der Waals surface area contributed by atoms with Gasteiger partial charge in [0, 0.05) is 42.8 Å². The van der Waals surface area contributed by atoms with Gasteiger partial charge in [-0.05, 0) is 80.1 Å². The van der Waals surface area contributed by atoms with Crippen LogP contribution >= 0.6 is 0 Å². The maximum absolute atomic E-state index is 11.9. The number of anilines is 2. The van der Waals surface area contributed by atoms with Crippen molar-refractivity contribution in [3.05, 3.63) is 72.6 Å². The maximum Gasteiger partial charge on any atom is 0.311 e. The molecule has 6 heteroatoms. The Morgan fingerprint density at radius 2 is 1.79 bits per heavy atom. The summed E-state index contributed by atoms with van der Waals surface area (Å²) in [7, 11) is 1.67. The van der Waals surface area contributed by atoms with Crippen molar-refractivity contribution in [3.63, 3.8) is 0 Å². The van der Waals surface area contributed by atoms with Gasteiger partial charge in [-0.3, -0.25) is 9.78 Å². The quantitative estimate of drug-likeness (QED) is 0.256. The van der Waals surface area contributed by atoms with E-state index in [0.717, 1.165) is 47.7 Å². The highest BCUT2D eigenvalue weighted by molar-refractivity contribution is 5.73. The number of hydrogen-bond acceptors (Lipinski definition) is 6. The molecule has 0 spiro atoms. The Morgan fingerprint density at radius 1 is 1.03 bits per heavy atom. The molecule has 6 nitrogen and oxygen atoms in total. The van der Waals surface area contributed by atoms with Crippen LogP contribution in [0, 0.1) is 0 Å². The Kier molecular flexibility index (Phi) is 8.02. The lowest BCUT2D eigenvalue weighted by Gasteiger charge is -2.27. The molecular weight excluding hydrogens is 428 g/mol. The van der Waals surface area contributed by atoms with Gasteiger partial charge in [-0.1, -0.05) is 13.0 Å². The minimum absolute atomic E-state index is 0.216. The van der Waals surface area contributed by atoms with E-state index in [9.17, 15) is 4.79 Å². The van der Waals surface area contributed by atoms with Gasteiger partial charge in [0.15, 0.2) is 11.5 Å². The molecule has 1 aromatic heterocycles. The summed E-state index contributed by atoms with van der Waals surface area (Å²) in [5.74, 6) is 1.82. The number of pyridine rings is 1. The van der Waals surface area contributed by atoms with E-state index in [1.54, 1.807) is 13.3 Å². The van der Waals surface area contributed by atoms with Crippen LogP contribution in [0.4, 0.5) is 11.4 Å². The monoisotopic (exact) mass is 460 g/mol. The van der Waals surface area contributed by atoms with E-state index in [-0.39, 0.29) is 12.1 Å². The molecule has 0 amide bonds. The Balaban J connectivity index is 1.64. The standard InChI is InChI=1S/C28H32N2O4/c1-3-7-28(31)34-25-14-11-22(12-15-25)30(20-21-8-6-17-29-19-21)23-13-16-26(32-2)27(18-23)33-24-9-4-5-10-24/h6,8,11-19,24H,3-5,7,9-10,20H2,1-2H3. The Hall–Kier alpha value is -3.54. The number of benzene rings is 2. The number of ether oxygens (including phenoxy) is 3. The number of esters is 1. The van der Waals surface area contributed by atoms with E-state index in [2.05, 4.69) is 16.0 Å². The summed E-state index contributed by atoms with van der Waals surface area (Å²) in [5, 5.41) is 0. The van der Waals surface area contributed by atoms with Crippen molar-refractivity contribution in [2.45, 2.75) is 58.1 Å². The lowest BCUT2D eigenvalue weighted by atomic mass is 10.1. The highest BCUT2D eigenvalue weighted by atomic mass is 16.5. The van der Waals surface area contributed by atoms with Crippen molar-refractivity contribution in [3.8, 4) is 17.2 Å². The first-order valence-corrected chi connectivity index (χ1v) is 12.0. The summed E-state index contributed by atoms with van der Waals surface area (Å²) in [5.41, 5.74) is 3.03. The predicted molar refractivity (Wildman–Crippen MR) is 133 cm³/mol. The lowest BCUT2D eigenvalue weighted by Crippen LogP contribution is -2.17. The minimum Gasteiger partial charge on any atom is -0.493 e. The van der Waals surface area contributed by atoms with Gasteiger partial charge in [0.25, 0.3) is 0 Å². The molecular formula is C28H32N2O4. The fraction of sp³-hybridized carbons (Fsp3) is 0.357. The van der Waals surface area contributed by atoms with Gasteiger partial charge in [0.05, 0.1) is 13.2 Å². The molecule has 1 fully saturated rings. The van der Waals surface area contributed by atoms with Crippen LogP contribution < -0.4 is 19.1 Å². The molecule has 3 aromatic rings. The topological polar surface area (TPSA) is 60.9 Å². The van der Waals surface area contributed by atoms with Gasteiger partial charge in [-0.2, -0.15) is 0 Å². The average molecular weight is 461 g/mol. The van der Waals surface area contributed by atoms with Crippen LogP contribution in [0.25, 0.3) is 0 Å². The molecule has 0 saturated heterocycles. The number of rotatable bonds is 10. The SMILES string of the molecule is CCCC(=O)Oc1ccc(N(Cc2cccnc2)c2ccc(OC)c(OC3CCCC3)c2)cc1. The molecule has 4 rings (SSSR count). The van der Waals surface area contributed by atoms with Crippen molar-refractivity contribution in [1.82, 2.24) is 4.98 Å². The van der Waals surface area contributed by atoms with Crippen LogP contribution in [0.3, 0.4) is 0 Å². The van der Waals surface area contributed by atoms with Gasteiger partial charge in [0.2, 0.25) is 0 Å². The van der Waals surface area contributed by atoms with E-state index in [4.69, 9.17) is 14.2 Å². The predicted octanol–water partition coefficient (Wildman–Crippen LogP) is 6.46. The molecule has 2 aromatic carbocycles. The summed E-state index contributed by atoms with van der Waals surface area (Å²) in [6, 6.07) is 17.6. The average Bonchev–Trinajstić information content (AvgIpc) is 3.37. The fourth-order valence-electron chi connectivity index (χ4n) is 4.20. The van der Waals surface area contributed by atoms with Crippen molar-refractivity contribution < 1.29 is 19.0 Å². The minimum atomic E-state index is -0.216. The zero-order chi connectivity index (χ0) is 23.8. The number of hydrogen-bond donors (Lipinski definition) is 0. The van der Waals surface area contributed by atoms with Gasteiger partial charge >= 0.3 is 5.97 Å². The number of nitrogens with zero attached hydrogens (tertiary/aromatic N) is 2. The Morgan fingerprint density at radius 3 is 2.47 bits per heavy atom. The summed E-state index contributed by atoms with van der Waals surface area (Å²) < 4.78 is 17.4. The lowest BCUT2D eigenvalue weighted by molar-refractivity contribution is -0.134. The Bertz CT molecular complexity index is 1060. The van der Waals surface area contributed by atoms with Crippen LogP contribution in [0.15, 0.2) is 67.0 Å². The van der Waals surface area contributed by atoms with Gasteiger partial charge in [-0.25, -0.2) is 0 Å². The fourth-order valence-corrected chi connectivity index (χ4v) is 4.20. The second-order valence-electron chi connectivity index (χ2n) is 8.52. The van der Waals surface area contributed by atoms with Crippen molar-refractivity contribution >= 4 is 17.3 Å². The van der Waals surface area contributed by atoms with E-state index in [1.165, 1.54) is 12.8 Å². The molecule has 34 heavy (non-hydrogen) atoms. The van der Waals surface area contributed by atoms with Crippen LogP contribution in [-0.4, -0.2) is 24.2 Å². The molecule has 0 bridgehead atoms. The molecule has 1 aliphatic carbocycles. The van der Waals surface area contributed by atoms with E-state index in [1.807, 2.05) is 61.7 Å². The first-order valence-electron chi connectivity index (χ1n) is 12.0. The molecule has 1 saturated carbocycles. The normalized spacial score (nSPS) is 13.5. The molecule has 178 valence electrons. The third-order valence-corrected chi connectivity index (χ3v) is 5.95. The molecule has 0 aliphatic heterocycles. The van der Waals surface area contributed by atoms with E-state index < -0.39 is 0 Å². The molecule has 0 N–H and O–H groups in total. The van der Waals surface area contributed by atoms with Crippen LogP contribution in [0.5, 0.6) is 17.2 Å². The van der Waals surface area contributed by atoms with Gasteiger partial charge in [0.1, 0.15) is 5.75 Å². The first kappa shape index (κ1) is 23.6. The molecule has 1 aliphatic rings.